The summed E-state index contributed by atoms with van der Waals surface area (Å²) in [5.74, 6) is 0.677. The molecule has 1 aromatic carbocycles. The van der Waals surface area contributed by atoms with Gasteiger partial charge in [0.25, 0.3) is 5.56 Å². The van der Waals surface area contributed by atoms with E-state index in [1.807, 2.05) is 31.2 Å². The van der Waals surface area contributed by atoms with Crippen molar-refractivity contribution in [3.05, 3.63) is 40.4 Å². The van der Waals surface area contributed by atoms with Gasteiger partial charge in [0.05, 0.1) is 12.6 Å². The van der Waals surface area contributed by atoms with Crippen molar-refractivity contribution in [2.45, 2.75) is 32.4 Å². The fourth-order valence-electron chi connectivity index (χ4n) is 3.46. The maximum atomic E-state index is 12.3. The Morgan fingerprint density at radius 1 is 1.42 bits per heavy atom. The highest BCUT2D eigenvalue weighted by Gasteiger charge is 2.21. The van der Waals surface area contributed by atoms with Crippen LogP contribution in [0.2, 0.25) is 0 Å². The van der Waals surface area contributed by atoms with Gasteiger partial charge in [0.1, 0.15) is 16.9 Å². The van der Waals surface area contributed by atoms with E-state index >= 15 is 0 Å². The van der Waals surface area contributed by atoms with Gasteiger partial charge >= 0.3 is 0 Å². The van der Waals surface area contributed by atoms with Crippen LogP contribution in [-0.2, 0) is 11.3 Å². The molecule has 1 N–H and O–H groups in total. The van der Waals surface area contributed by atoms with Gasteiger partial charge in [-0.15, -0.1) is 0 Å². The van der Waals surface area contributed by atoms with Crippen LogP contribution in [0.3, 0.4) is 0 Å². The number of hydrogen-bond donors (Lipinski definition) is 1. The van der Waals surface area contributed by atoms with Crippen molar-refractivity contribution < 1.29 is 9.15 Å². The van der Waals surface area contributed by atoms with E-state index in [-0.39, 0.29) is 11.7 Å². The number of likely N-dealkylation sites (tertiary alicyclic amines) is 1. The van der Waals surface area contributed by atoms with E-state index < -0.39 is 0 Å². The van der Waals surface area contributed by atoms with E-state index in [0.717, 1.165) is 37.9 Å². The third kappa shape index (κ3) is 2.83. The minimum atomic E-state index is -0.218. The molecule has 1 saturated heterocycles. The lowest BCUT2D eigenvalue weighted by atomic mass is 10.1. The summed E-state index contributed by atoms with van der Waals surface area (Å²) in [4.78, 5) is 22.2. The first-order chi connectivity index (χ1) is 11.7. The molecule has 0 amide bonds. The van der Waals surface area contributed by atoms with Crippen molar-refractivity contribution in [1.29, 1.82) is 0 Å². The van der Waals surface area contributed by atoms with Crippen molar-refractivity contribution in [3.63, 3.8) is 0 Å². The molecule has 0 aliphatic carbocycles. The molecule has 2 aromatic heterocycles. The predicted octanol–water partition coefficient (Wildman–Crippen LogP) is 2.67. The first-order valence-electron chi connectivity index (χ1n) is 8.49. The summed E-state index contributed by atoms with van der Waals surface area (Å²) in [7, 11) is 0. The molecule has 1 unspecified atom stereocenters. The number of rotatable bonds is 4. The average Bonchev–Trinajstić information content (AvgIpc) is 2.95. The van der Waals surface area contributed by atoms with E-state index in [9.17, 15) is 4.79 Å². The molecule has 6 heteroatoms. The maximum Gasteiger partial charge on any atom is 0.294 e. The normalized spacial score (nSPS) is 19.3. The van der Waals surface area contributed by atoms with E-state index in [4.69, 9.17) is 9.15 Å². The van der Waals surface area contributed by atoms with Gasteiger partial charge in [0.2, 0.25) is 5.58 Å². The Bertz CT molecular complexity index is 913. The molecule has 0 spiro atoms. The number of H-pyrrole nitrogens is 1. The number of aromatic amines is 1. The standard InChI is InChI=1S/C18H21N3O3/c1-2-23-12-6-5-9-21(10-12)11-15-19-16-13-7-3-4-8-14(13)24-17(16)18(22)20-15/h3-4,7-8,12H,2,5-6,9-11H2,1H3,(H,19,20,22). The van der Waals surface area contributed by atoms with Gasteiger partial charge in [-0.3, -0.25) is 9.69 Å². The van der Waals surface area contributed by atoms with Crippen molar-refractivity contribution in [3.8, 4) is 0 Å². The number of aromatic nitrogens is 2. The number of ether oxygens (including phenoxy) is 1. The Labute approximate surface area is 139 Å². The molecule has 1 aliphatic heterocycles. The zero-order valence-electron chi connectivity index (χ0n) is 13.7. The topological polar surface area (TPSA) is 71.4 Å². The lowest BCUT2D eigenvalue weighted by Gasteiger charge is -2.31. The smallest absolute Gasteiger partial charge is 0.294 e. The van der Waals surface area contributed by atoms with Crippen LogP contribution < -0.4 is 5.56 Å². The second kappa shape index (κ2) is 6.37. The molecule has 3 aromatic rings. The largest absolute Gasteiger partial charge is 0.449 e. The highest BCUT2D eigenvalue weighted by atomic mass is 16.5. The van der Waals surface area contributed by atoms with Crippen LogP contribution in [0.25, 0.3) is 22.1 Å². The van der Waals surface area contributed by atoms with Crippen LogP contribution in [0.4, 0.5) is 0 Å². The van der Waals surface area contributed by atoms with Crippen molar-refractivity contribution >= 4 is 22.1 Å². The third-order valence-electron chi connectivity index (χ3n) is 4.52. The first kappa shape index (κ1) is 15.4. The van der Waals surface area contributed by atoms with Crippen LogP contribution in [0.15, 0.2) is 33.5 Å². The molecule has 6 nitrogen and oxygen atoms in total. The van der Waals surface area contributed by atoms with Gasteiger partial charge in [-0.1, -0.05) is 12.1 Å². The lowest BCUT2D eigenvalue weighted by Crippen LogP contribution is -2.39. The van der Waals surface area contributed by atoms with Crippen LogP contribution >= 0.6 is 0 Å². The van der Waals surface area contributed by atoms with E-state index in [1.165, 1.54) is 0 Å². The molecule has 1 fully saturated rings. The van der Waals surface area contributed by atoms with Crippen LogP contribution in [0.1, 0.15) is 25.6 Å². The van der Waals surface area contributed by atoms with Gasteiger partial charge in [-0.25, -0.2) is 4.98 Å². The summed E-state index contributed by atoms with van der Waals surface area (Å²) < 4.78 is 11.4. The summed E-state index contributed by atoms with van der Waals surface area (Å²) >= 11 is 0. The number of para-hydroxylation sites is 1. The Balaban J connectivity index is 1.65. The molecule has 24 heavy (non-hydrogen) atoms. The summed E-state index contributed by atoms with van der Waals surface area (Å²) in [5, 5.41) is 0.880. The van der Waals surface area contributed by atoms with Gasteiger partial charge < -0.3 is 14.1 Å². The molecular weight excluding hydrogens is 306 g/mol. The molecule has 4 rings (SSSR count). The maximum absolute atomic E-state index is 12.3. The Kier molecular flexibility index (Phi) is 4.08. The Hall–Kier alpha value is -2.18. The van der Waals surface area contributed by atoms with E-state index in [1.54, 1.807) is 0 Å². The summed E-state index contributed by atoms with van der Waals surface area (Å²) in [6, 6.07) is 7.61. The molecule has 3 heterocycles. The van der Waals surface area contributed by atoms with Crippen LogP contribution in [0, 0.1) is 0 Å². The molecule has 0 radical (unpaired) electrons. The van der Waals surface area contributed by atoms with Crippen LogP contribution in [0.5, 0.6) is 0 Å². The highest BCUT2D eigenvalue weighted by molar-refractivity contribution is 6.01. The number of nitrogens with zero attached hydrogens (tertiary/aromatic N) is 2. The minimum Gasteiger partial charge on any atom is -0.449 e. The number of furan rings is 1. The number of hydrogen-bond acceptors (Lipinski definition) is 5. The average molecular weight is 327 g/mol. The molecule has 126 valence electrons. The van der Waals surface area contributed by atoms with Crippen molar-refractivity contribution in [2.24, 2.45) is 0 Å². The van der Waals surface area contributed by atoms with E-state index in [2.05, 4.69) is 14.9 Å². The molecule has 0 saturated carbocycles. The van der Waals surface area contributed by atoms with Gasteiger partial charge in [0.15, 0.2) is 0 Å². The second-order valence-corrected chi connectivity index (χ2v) is 6.24. The number of benzene rings is 1. The lowest BCUT2D eigenvalue weighted by molar-refractivity contribution is 0.00298. The number of piperidine rings is 1. The van der Waals surface area contributed by atoms with Gasteiger partial charge in [0, 0.05) is 18.5 Å². The quantitative estimate of drug-likeness (QED) is 0.798. The second-order valence-electron chi connectivity index (χ2n) is 6.24. The summed E-state index contributed by atoms with van der Waals surface area (Å²) in [5.41, 5.74) is 1.41. The van der Waals surface area contributed by atoms with Crippen molar-refractivity contribution in [1.82, 2.24) is 14.9 Å². The van der Waals surface area contributed by atoms with Gasteiger partial charge in [-0.2, -0.15) is 0 Å². The predicted molar refractivity (Wildman–Crippen MR) is 92.1 cm³/mol. The van der Waals surface area contributed by atoms with E-state index in [0.29, 0.717) is 29.1 Å². The fraction of sp³-hybridized carbons (Fsp3) is 0.444. The van der Waals surface area contributed by atoms with Gasteiger partial charge in [-0.05, 0) is 38.4 Å². The monoisotopic (exact) mass is 327 g/mol. The number of nitrogens with one attached hydrogen (secondary N) is 1. The highest BCUT2D eigenvalue weighted by Crippen LogP contribution is 2.24. The SMILES string of the molecule is CCOC1CCCN(Cc2nc3c(oc4ccccc43)c(=O)[nH]2)C1. The molecular formula is C18H21N3O3. The third-order valence-corrected chi connectivity index (χ3v) is 4.52. The fourth-order valence-corrected chi connectivity index (χ4v) is 3.46. The Morgan fingerprint density at radius 3 is 3.17 bits per heavy atom. The molecule has 1 aliphatic rings. The van der Waals surface area contributed by atoms with Crippen molar-refractivity contribution in [2.75, 3.05) is 19.7 Å². The zero-order chi connectivity index (χ0) is 16.5. The zero-order valence-corrected chi connectivity index (χ0v) is 13.7. The molecule has 0 bridgehead atoms. The number of fused-ring (bicyclic) bond motifs is 3. The Morgan fingerprint density at radius 2 is 2.29 bits per heavy atom. The summed E-state index contributed by atoms with van der Waals surface area (Å²) in [6.45, 7) is 5.25. The van der Waals surface area contributed by atoms with Crippen LogP contribution in [-0.4, -0.2) is 40.7 Å². The summed E-state index contributed by atoms with van der Waals surface area (Å²) in [6.07, 6.45) is 2.47. The first-order valence-corrected chi connectivity index (χ1v) is 8.49. The molecule has 1 atom stereocenters. The minimum absolute atomic E-state index is 0.218.